The van der Waals surface area contributed by atoms with Gasteiger partial charge in [0.2, 0.25) is 0 Å². The number of nitrogens with zero attached hydrogens (tertiary/aromatic N) is 1. The van der Waals surface area contributed by atoms with Gasteiger partial charge in [0.1, 0.15) is 0 Å². The van der Waals surface area contributed by atoms with Crippen LogP contribution in [0.3, 0.4) is 0 Å². The highest BCUT2D eigenvalue weighted by atomic mass is 15.0. The first-order valence-electron chi connectivity index (χ1n) is 11.7. The quantitative estimate of drug-likeness (QED) is 0.286. The van der Waals surface area contributed by atoms with E-state index in [0.29, 0.717) is 5.92 Å². The molecule has 6 aromatic rings. The van der Waals surface area contributed by atoms with Gasteiger partial charge in [0.15, 0.2) is 0 Å². The molecule has 0 fully saturated rings. The summed E-state index contributed by atoms with van der Waals surface area (Å²) in [6, 6.07) is 30.7. The van der Waals surface area contributed by atoms with Gasteiger partial charge in [-0.05, 0) is 47.1 Å². The zero-order valence-corrected chi connectivity index (χ0v) is 18.5. The van der Waals surface area contributed by atoms with Crippen LogP contribution in [0, 0.1) is 5.92 Å². The topological polar surface area (TPSA) is 20.7 Å². The summed E-state index contributed by atoms with van der Waals surface area (Å²) in [5.41, 5.74) is 8.83. The summed E-state index contributed by atoms with van der Waals surface area (Å²) in [4.78, 5) is 3.85. The largest absolute Gasteiger partial charge is 0.352 e. The standard InChI is InChI=1S/C31H24N2.H2/c1-20-8-7-12-24(18-20)33-28-17-15-23(21-9-3-2-4-10-21)19-27(28)30-31(33)26-16-14-22-11-5-6-13-25(22)29(26)32-30;/h2-17,19-20,32H,18H2,1H3;1H. The maximum Gasteiger partial charge on any atom is 0.0795 e. The molecule has 0 bridgehead atoms. The third-order valence-electron chi connectivity index (χ3n) is 7.06. The molecule has 1 N–H and O–H groups in total. The predicted octanol–water partition coefficient (Wildman–Crippen LogP) is 8.78. The van der Waals surface area contributed by atoms with Crippen LogP contribution in [0.25, 0.3) is 60.4 Å². The molecule has 1 atom stereocenters. The van der Waals surface area contributed by atoms with E-state index in [-0.39, 0.29) is 1.43 Å². The molecule has 1 aliphatic carbocycles. The van der Waals surface area contributed by atoms with Crippen molar-refractivity contribution in [3.05, 3.63) is 103 Å². The summed E-state index contributed by atoms with van der Waals surface area (Å²) in [6.45, 7) is 2.29. The smallest absolute Gasteiger partial charge is 0.0795 e. The number of fused-ring (bicyclic) bond motifs is 7. The third kappa shape index (κ3) is 2.74. The van der Waals surface area contributed by atoms with E-state index in [2.05, 4.69) is 120 Å². The number of benzene rings is 4. The highest BCUT2D eigenvalue weighted by Gasteiger charge is 2.21. The normalized spacial score (nSPS) is 16.3. The number of hydrogen-bond acceptors (Lipinski definition) is 0. The zero-order valence-electron chi connectivity index (χ0n) is 18.5. The molecule has 0 amide bonds. The number of rotatable bonds is 2. The first-order chi connectivity index (χ1) is 16.3. The number of aromatic amines is 1. The molecule has 7 rings (SSSR count). The molecule has 33 heavy (non-hydrogen) atoms. The lowest BCUT2D eigenvalue weighted by Gasteiger charge is -2.18. The first kappa shape index (κ1) is 18.5. The van der Waals surface area contributed by atoms with Gasteiger partial charge < -0.3 is 9.55 Å². The summed E-state index contributed by atoms with van der Waals surface area (Å²) in [7, 11) is 0. The third-order valence-corrected chi connectivity index (χ3v) is 7.06. The van der Waals surface area contributed by atoms with Gasteiger partial charge in [-0.1, -0.05) is 91.9 Å². The molecule has 160 valence electrons. The molecule has 1 aliphatic rings. The van der Waals surface area contributed by atoms with Crippen LogP contribution in [0.5, 0.6) is 0 Å². The van der Waals surface area contributed by atoms with E-state index in [1.807, 2.05) is 0 Å². The predicted molar refractivity (Wildman–Crippen MR) is 144 cm³/mol. The molecule has 2 aromatic heterocycles. The van der Waals surface area contributed by atoms with Crippen LogP contribution in [-0.4, -0.2) is 9.55 Å². The van der Waals surface area contributed by atoms with E-state index in [0.717, 1.165) is 6.42 Å². The fourth-order valence-electron chi connectivity index (χ4n) is 5.50. The van der Waals surface area contributed by atoms with Crippen molar-refractivity contribution >= 4 is 49.3 Å². The maximum absolute atomic E-state index is 3.85. The van der Waals surface area contributed by atoms with Crippen molar-refractivity contribution in [2.75, 3.05) is 0 Å². The lowest BCUT2D eigenvalue weighted by molar-refractivity contribution is 0.730. The number of allylic oxidation sites excluding steroid dienone is 4. The molecular formula is C31H26N2. The Hall–Kier alpha value is -4.04. The summed E-state index contributed by atoms with van der Waals surface area (Å²) in [5, 5.41) is 5.10. The van der Waals surface area contributed by atoms with E-state index in [1.165, 1.54) is 60.4 Å². The van der Waals surface area contributed by atoms with Crippen molar-refractivity contribution in [1.82, 2.24) is 9.55 Å². The molecule has 0 aliphatic heterocycles. The van der Waals surface area contributed by atoms with Crippen molar-refractivity contribution in [3.63, 3.8) is 0 Å². The minimum Gasteiger partial charge on any atom is -0.352 e. The van der Waals surface area contributed by atoms with Crippen molar-refractivity contribution < 1.29 is 1.43 Å². The summed E-state index contributed by atoms with van der Waals surface area (Å²) >= 11 is 0. The van der Waals surface area contributed by atoms with Crippen LogP contribution in [0.4, 0.5) is 0 Å². The number of nitrogens with one attached hydrogen (secondary N) is 1. The van der Waals surface area contributed by atoms with Gasteiger partial charge in [0.25, 0.3) is 0 Å². The second-order valence-corrected chi connectivity index (χ2v) is 9.22. The molecule has 1 unspecified atom stereocenters. The van der Waals surface area contributed by atoms with E-state index in [1.54, 1.807) is 0 Å². The van der Waals surface area contributed by atoms with Crippen LogP contribution in [-0.2, 0) is 0 Å². The van der Waals surface area contributed by atoms with Gasteiger partial charge in [-0.3, -0.25) is 0 Å². The summed E-state index contributed by atoms with van der Waals surface area (Å²) < 4.78 is 2.49. The molecule has 2 heterocycles. The molecule has 0 radical (unpaired) electrons. The van der Waals surface area contributed by atoms with Crippen molar-refractivity contribution in [2.24, 2.45) is 5.92 Å². The fraction of sp³-hybridized carbons (Fsp3) is 0.0968. The molecule has 2 heteroatoms. The van der Waals surface area contributed by atoms with Crippen LogP contribution in [0.1, 0.15) is 14.8 Å². The monoisotopic (exact) mass is 426 g/mol. The minimum absolute atomic E-state index is 0. The highest BCUT2D eigenvalue weighted by molar-refractivity contribution is 6.23. The Balaban J connectivity index is 0.00000217. The minimum atomic E-state index is 0. The van der Waals surface area contributed by atoms with Crippen molar-refractivity contribution in [3.8, 4) is 11.1 Å². The van der Waals surface area contributed by atoms with E-state index in [9.17, 15) is 0 Å². The van der Waals surface area contributed by atoms with Crippen LogP contribution in [0.15, 0.2) is 103 Å². The molecule has 4 aromatic carbocycles. The van der Waals surface area contributed by atoms with E-state index >= 15 is 0 Å². The van der Waals surface area contributed by atoms with E-state index in [4.69, 9.17) is 0 Å². The van der Waals surface area contributed by atoms with Crippen LogP contribution >= 0.6 is 0 Å². The van der Waals surface area contributed by atoms with Crippen LogP contribution in [0.2, 0.25) is 0 Å². The van der Waals surface area contributed by atoms with Crippen molar-refractivity contribution in [2.45, 2.75) is 13.3 Å². The SMILES string of the molecule is CC1C=CC=C(n2c3ccc(-c4ccccc4)cc3c3[nH]c4c5ccccc5ccc4c32)C1.[HH]. The Labute approximate surface area is 193 Å². The van der Waals surface area contributed by atoms with Gasteiger partial charge in [0, 0.05) is 23.3 Å². The fourth-order valence-corrected chi connectivity index (χ4v) is 5.50. The average Bonchev–Trinajstić information content (AvgIpc) is 3.39. The molecule has 0 spiro atoms. The number of aromatic nitrogens is 2. The Bertz CT molecular complexity index is 1750. The Morgan fingerprint density at radius 2 is 1.64 bits per heavy atom. The lowest BCUT2D eigenvalue weighted by atomic mass is 10.00. The van der Waals surface area contributed by atoms with Gasteiger partial charge in [0.05, 0.1) is 22.1 Å². The summed E-state index contributed by atoms with van der Waals surface area (Å²) in [5.74, 6) is 0.534. The van der Waals surface area contributed by atoms with Gasteiger partial charge in [-0.2, -0.15) is 0 Å². The van der Waals surface area contributed by atoms with Gasteiger partial charge in [-0.15, -0.1) is 0 Å². The molecule has 0 saturated heterocycles. The second-order valence-electron chi connectivity index (χ2n) is 9.22. The number of hydrogen-bond donors (Lipinski definition) is 1. The van der Waals surface area contributed by atoms with Crippen molar-refractivity contribution in [1.29, 1.82) is 0 Å². The average molecular weight is 427 g/mol. The summed E-state index contributed by atoms with van der Waals surface area (Å²) in [6.07, 6.45) is 7.83. The van der Waals surface area contributed by atoms with E-state index < -0.39 is 0 Å². The first-order valence-corrected chi connectivity index (χ1v) is 11.7. The lowest BCUT2D eigenvalue weighted by Crippen LogP contribution is -2.04. The Kier molecular flexibility index (Phi) is 3.92. The van der Waals surface area contributed by atoms with Gasteiger partial charge >= 0.3 is 0 Å². The van der Waals surface area contributed by atoms with Crippen LogP contribution < -0.4 is 0 Å². The zero-order chi connectivity index (χ0) is 21.9. The Morgan fingerprint density at radius 3 is 2.52 bits per heavy atom. The number of H-pyrrole nitrogens is 1. The molecule has 2 nitrogen and oxygen atoms in total. The molecular weight excluding hydrogens is 400 g/mol. The second kappa shape index (κ2) is 6.98. The van der Waals surface area contributed by atoms with Gasteiger partial charge in [-0.25, -0.2) is 0 Å². The Morgan fingerprint density at radius 1 is 0.788 bits per heavy atom. The molecule has 0 saturated carbocycles. The highest BCUT2D eigenvalue weighted by Crippen LogP contribution is 2.41. The maximum atomic E-state index is 3.85.